The maximum absolute atomic E-state index is 12.8. The molecule has 2 fully saturated rings. The number of likely N-dealkylation sites (N-methyl/N-ethyl adjacent to an activating group) is 1. The van der Waals surface area contributed by atoms with Crippen LogP contribution in [0.3, 0.4) is 0 Å². The normalized spacial score (nSPS) is 18.2. The molecule has 1 heterocycles. The maximum atomic E-state index is 12.8. The lowest BCUT2D eigenvalue weighted by atomic mass is 9.88. The number of nitrogens with zero attached hydrogens (tertiary/aromatic N) is 4. The van der Waals surface area contributed by atoms with Crippen LogP contribution in [0.2, 0.25) is 0 Å². The molecule has 1 aliphatic heterocycles. The van der Waals surface area contributed by atoms with E-state index in [0.717, 1.165) is 74.2 Å². The first kappa shape index (κ1) is 25.2. The number of carbonyl (C=O) groups is 1. The van der Waals surface area contributed by atoms with Gasteiger partial charge in [0.05, 0.1) is 0 Å². The summed E-state index contributed by atoms with van der Waals surface area (Å²) in [6, 6.07) is 14.6. The van der Waals surface area contributed by atoms with Crippen LogP contribution >= 0.6 is 11.6 Å². The lowest BCUT2D eigenvalue weighted by Crippen LogP contribution is -2.44. The third kappa shape index (κ3) is 6.83. The number of aliphatic imine (C=N–C) groups is 1. The molecular weight excluding hydrogens is 460 g/mol. The highest BCUT2D eigenvalue weighted by Gasteiger charge is 2.21. The molecule has 1 saturated heterocycles. The topological polar surface area (TPSA) is 86.3 Å². The van der Waals surface area contributed by atoms with Gasteiger partial charge in [-0.25, -0.2) is 4.99 Å². The molecule has 0 bridgehead atoms. The first-order valence-corrected chi connectivity index (χ1v) is 12.8. The Hall–Kier alpha value is -2.90. The number of hydrazone groups is 1. The Morgan fingerprint density at radius 1 is 1.09 bits per heavy atom. The minimum atomic E-state index is 0.125. The van der Waals surface area contributed by atoms with Crippen molar-refractivity contribution in [2.24, 2.45) is 21.9 Å². The van der Waals surface area contributed by atoms with E-state index in [4.69, 9.17) is 17.4 Å². The number of hydrogen-bond donors (Lipinski definition) is 2. The van der Waals surface area contributed by atoms with Crippen molar-refractivity contribution >= 4 is 40.4 Å². The van der Waals surface area contributed by atoms with Crippen LogP contribution in [0.4, 0.5) is 11.4 Å². The fourth-order valence-corrected chi connectivity index (χ4v) is 5.13. The summed E-state index contributed by atoms with van der Waals surface area (Å²) in [5, 5.41) is 6.99. The zero-order valence-electron chi connectivity index (χ0n) is 20.4. The lowest BCUT2D eigenvalue weighted by molar-refractivity contribution is -0.120. The van der Waals surface area contributed by atoms with Gasteiger partial charge in [0.25, 0.3) is 0 Å². The summed E-state index contributed by atoms with van der Waals surface area (Å²) >= 11 is 6.41. The van der Waals surface area contributed by atoms with E-state index >= 15 is 0 Å². The summed E-state index contributed by atoms with van der Waals surface area (Å²) in [6.45, 7) is 3.96. The molecule has 7 nitrogen and oxygen atoms in total. The average Bonchev–Trinajstić information content (AvgIpc) is 2.89. The summed E-state index contributed by atoms with van der Waals surface area (Å²) in [4.78, 5) is 21.6. The van der Waals surface area contributed by atoms with Gasteiger partial charge in [-0.2, -0.15) is 5.10 Å². The number of halogens is 1. The van der Waals surface area contributed by atoms with E-state index < -0.39 is 0 Å². The second kappa shape index (κ2) is 12.2. The van der Waals surface area contributed by atoms with Crippen molar-refractivity contribution in [1.29, 1.82) is 0 Å². The fraction of sp³-hybridized carbons (Fsp3) is 0.444. The molecule has 2 aliphatic rings. The first-order chi connectivity index (χ1) is 17.0. The second-order valence-electron chi connectivity index (χ2n) is 9.49. The standard InChI is InChI=1S/C27H35ClN6O/c1-33-12-14-34(15-13-33)25-11-10-22(16-23(25)18-26(28)30-19-31-29)21-8-5-9-24(17-21)32-27(35)20-6-3-2-4-7-20/h5,8-11,16-17,19-20H,2-4,6-7,12-15,18,29H2,1H3,(H,32,35)/b30-26?,31-19-. The van der Waals surface area contributed by atoms with Gasteiger partial charge in [-0.05, 0) is 60.8 Å². The zero-order chi connectivity index (χ0) is 24.6. The third-order valence-corrected chi connectivity index (χ3v) is 7.19. The van der Waals surface area contributed by atoms with Crippen molar-refractivity contribution in [2.45, 2.75) is 38.5 Å². The highest BCUT2D eigenvalue weighted by Crippen LogP contribution is 2.31. The Labute approximate surface area is 213 Å². The number of amides is 1. The largest absolute Gasteiger partial charge is 0.369 e. The van der Waals surface area contributed by atoms with Crippen LogP contribution in [-0.4, -0.2) is 55.5 Å². The smallest absolute Gasteiger partial charge is 0.227 e. The number of hydrogen-bond acceptors (Lipinski definition) is 5. The first-order valence-electron chi connectivity index (χ1n) is 12.4. The van der Waals surface area contributed by atoms with Crippen molar-refractivity contribution in [2.75, 3.05) is 43.4 Å². The van der Waals surface area contributed by atoms with Gasteiger partial charge < -0.3 is 21.0 Å². The number of carbonyl (C=O) groups excluding carboxylic acids is 1. The molecule has 35 heavy (non-hydrogen) atoms. The van der Waals surface area contributed by atoms with Gasteiger partial charge in [-0.3, -0.25) is 4.79 Å². The summed E-state index contributed by atoms with van der Waals surface area (Å²) in [6.07, 6.45) is 7.24. The average molecular weight is 495 g/mol. The molecule has 0 spiro atoms. The number of nitrogens with two attached hydrogens (primary N) is 1. The highest BCUT2D eigenvalue weighted by atomic mass is 35.5. The molecular formula is C27H35ClN6O. The molecule has 186 valence electrons. The quantitative estimate of drug-likeness (QED) is 0.253. The van der Waals surface area contributed by atoms with E-state index in [2.05, 4.69) is 56.5 Å². The minimum absolute atomic E-state index is 0.125. The number of rotatable bonds is 7. The molecule has 3 N–H and O–H groups in total. The molecule has 8 heteroatoms. The molecule has 0 unspecified atom stereocenters. The molecule has 2 aromatic carbocycles. The Morgan fingerprint density at radius 3 is 2.57 bits per heavy atom. The van der Waals surface area contributed by atoms with Crippen molar-refractivity contribution in [3.63, 3.8) is 0 Å². The van der Waals surface area contributed by atoms with Crippen LogP contribution in [0, 0.1) is 5.92 Å². The summed E-state index contributed by atoms with van der Waals surface area (Å²) in [7, 11) is 2.15. The van der Waals surface area contributed by atoms with Crippen LogP contribution < -0.4 is 16.1 Å². The highest BCUT2D eigenvalue weighted by molar-refractivity contribution is 6.66. The van der Waals surface area contributed by atoms with Crippen LogP contribution in [0.25, 0.3) is 11.1 Å². The number of benzene rings is 2. The maximum Gasteiger partial charge on any atom is 0.227 e. The number of anilines is 2. The van der Waals surface area contributed by atoms with Crippen molar-refractivity contribution in [1.82, 2.24) is 4.90 Å². The van der Waals surface area contributed by atoms with Crippen molar-refractivity contribution in [3.8, 4) is 11.1 Å². The molecule has 2 aromatic rings. The summed E-state index contributed by atoms with van der Waals surface area (Å²) in [5.41, 5.74) is 5.23. The van der Waals surface area contributed by atoms with Gasteiger partial charge in [0.15, 0.2) is 0 Å². The minimum Gasteiger partial charge on any atom is -0.369 e. The van der Waals surface area contributed by atoms with Gasteiger partial charge in [0.1, 0.15) is 11.5 Å². The van der Waals surface area contributed by atoms with E-state index in [1.165, 1.54) is 18.4 Å². The van der Waals surface area contributed by atoms with Crippen LogP contribution in [-0.2, 0) is 11.2 Å². The summed E-state index contributed by atoms with van der Waals surface area (Å²) < 4.78 is 0. The lowest BCUT2D eigenvalue weighted by Gasteiger charge is -2.35. The van der Waals surface area contributed by atoms with Crippen molar-refractivity contribution in [3.05, 3.63) is 48.0 Å². The Morgan fingerprint density at radius 2 is 1.83 bits per heavy atom. The fourth-order valence-electron chi connectivity index (χ4n) is 4.95. The van der Waals surface area contributed by atoms with Crippen molar-refractivity contribution < 1.29 is 4.79 Å². The van der Waals surface area contributed by atoms with E-state index in [1.807, 2.05) is 18.2 Å². The van der Waals surface area contributed by atoms with Gasteiger partial charge in [-0.1, -0.05) is 49.1 Å². The Balaban J connectivity index is 1.58. The Kier molecular flexibility index (Phi) is 8.77. The van der Waals surface area contributed by atoms with Gasteiger partial charge in [0.2, 0.25) is 5.91 Å². The zero-order valence-corrected chi connectivity index (χ0v) is 21.2. The number of piperazine rings is 1. The predicted octanol–water partition coefficient (Wildman–Crippen LogP) is 4.71. The molecule has 1 amide bonds. The second-order valence-corrected chi connectivity index (χ2v) is 9.92. The predicted molar refractivity (Wildman–Crippen MR) is 146 cm³/mol. The summed E-state index contributed by atoms with van der Waals surface area (Å²) in [5.74, 6) is 5.45. The molecule has 0 aromatic heterocycles. The van der Waals surface area contributed by atoms with Gasteiger partial charge in [-0.15, -0.1) is 0 Å². The molecule has 1 aliphatic carbocycles. The van der Waals surface area contributed by atoms with Gasteiger partial charge >= 0.3 is 0 Å². The Bertz CT molecular complexity index is 1070. The number of nitrogens with one attached hydrogen (secondary N) is 1. The van der Waals surface area contributed by atoms with E-state index in [-0.39, 0.29) is 11.8 Å². The van der Waals surface area contributed by atoms with Crippen LogP contribution in [0.1, 0.15) is 37.7 Å². The van der Waals surface area contributed by atoms with E-state index in [0.29, 0.717) is 11.6 Å². The molecule has 0 atom stereocenters. The molecule has 1 saturated carbocycles. The van der Waals surface area contributed by atoms with Gasteiger partial charge in [0, 0.05) is 49.9 Å². The monoisotopic (exact) mass is 494 g/mol. The molecule has 0 radical (unpaired) electrons. The van der Waals surface area contributed by atoms with E-state index in [9.17, 15) is 4.79 Å². The molecule has 4 rings (SSSR count). The van der Waals surface area contributed by atoms with Crippen LogP contribution in [0.15, 0.2) is 52.6 Å². The third-order valence-electron chi connectivity index (χ3n) is 6.96. The van der Waals surface area contributed by atoms with Crippen LogP contribution in [0.5, 0.6) is 0 Å². The SMILES string of the molecule is CN1CCN(c2ccc(-c3cccc(NC(=O)C4CCCCC4)c3)cc2CC(Cl)=N/C=N\N)CC1. The van der Waals surface area contributed by atoms with E-state index in [1.54, 1.807) is 0 Å².